The number of carbonyl (C=O) groups excluding carboxylic acids is 1. The van der Waals surface area contributed by atoms with Gasteiger partial charge < -0.3 is 0 Å². The predicted molar refractivity (Wildman–Crippen MR) is 90.9 cm³/mol. The van der Waals surface area contributed by atoms with Crippen molar-refractivity contribution >= 4 is 34.9 Å². The van der Waals surface area contributed by atoms with Crippen LogP contribution in [0.1, 0.15) is 15.9 Å². The van der Waals surface area contributed by atoms with Crippen molar-refractivity contribution in [1.82, 2.24) is 5.43 Å². The smallest absolute Gasteiger partial charge is 0.265 e. The third kappa shape index (κ3) is 4.12. The number of nitrogens with one attached hydrogen (secondary N) is 1. The number of benzene rings is 2. The molecule has 6 nitrogen and oxygen atoms in total. The van der Waals surface area contributed by atoms with E-state index in [0.29, 0.717) is 11.2 Å². The van der Waals surface area contributed by atoms with Gasteiger partial charge in [-0.3, -0.25) is 14.5 Å². The first kappa shape index (κ1) is 18.0. The number of hydrazine groups is 1. The first-order valence-corrected chi connectivity index (χ1v) is 8.70. The summed E-state index contributed by atoms with van der Waals surface area (Å²) in [5.74, 6) is 3.65. The number of nitrogens with zero attached hydrogens (tertiary/aromatic N) is 1. The number of sulfonamides is 1. The Kier molecular flexibility index (Phi) is 5.25. The lowest BCUT2D eigenvalue weighted by Crippen LogP contribution is -2.31. The summed E-state index contributed by atoms with van der Waals surface area (Å²) < 4.78 is 39.4. The number of nitrogen functional groups attached to an aromatic ring is 1. The van der Waals surface area contributed by atoms with Gasteiger partial charge >= 0.3 is 0 Å². The van der Waals surface area contributed by atoms with Gasteiger partial charge in [0.2, 0.25) is 10.0 Å². The second-order valence-electron chi connectivity index (χ2n) is 5.14. The zero-order valence-corrected chi connectivity index (χ0v) is 13.7. The van der Waals surface area contributed by atoms with Crippen LogP contribution in [0.3, 0.4) is 0 Å². The van der Waals surface area contributed by atoms with Crippen LogP contribution in [-0.4, -0.2) is 28.4 Å². The molecule has 1 amide bonds. The lowest BCUT2D eigenvalue weighted by atomic mass is 9.96. The van der Waals surface area contributed by atoms with Crippen molar-refractivity contribution in [2.75, 3.05) is 10.6 Å². The molecule has 0 aliphatic carbocycles. The van der Waals surface area contributed by atoms with Crippen molar-refractivity contribution in [2.24, 2.45) is 5.84 Å². The molecule has 124 valence electrons. The average Bonchev–Trinajstić information content (AvgIpc) is 2.53. The molecule has 0 heterocycles. The average molecular weight is 347 g/mol. The van der Waals surface area contributed by atoms with Crippen LogP contribution in [0.5, 0.6) is 0 Å². The molecule has 3 N–H and O–H groups in total. The van der Waals surface area contributed by atoms with Gasteiger partial charge in [-0.1, -0.05) is 23.7 Å². The maximum Gasteiger partial charge on any atom is 0.265 e. The topological polar surface area (TPSA) is 92.5 Å². The van der Waals surface area contributed by atoms with Gasteiger partial charge in [0.25, 0.3) is 5.91 Å². The Morgan fingerprint density at radius 3 is 2.38 bits per heavy atom. The zero-order chi connectivity index (χ0) is 17.9. The highest BCUT2D eigenvalue weighted by Gasteiger charge is 2.20. The molecule has 0 unspecified atom stereocenters. The van der Waals surface area contributed by atoms with Crippen LogP contribution in [0.4, 0.5) is 10.1 Å². The summed E-state index contributed by atoms with van der Waals surface area (Å²) in [6.07, 6.45) is 1.03. The number of hydrogen-bond acceptors (Lipinski definition) is 4. The Bertz CT molecular complexity index is 857. The monoisotopic (exact) mass is 347 g/mol. The fourth-order valence-electron chi connectivity index (χ4n) is 2.10. The van der Waals surface area contributed by atoms with Gasteiger partial charge in [0.1, 0.15) is 13.7 Å². The molecule has 2 aromatic rings. The lowest BCUT2D eigenvalue weighted by molar-refractivity contribution is 0.0953. The van der Waals surface area contributed by atoms with Crippen LogP contribution >= 0.6 is 0 Å². The highest BCUT2D eigenvalue weighted by atomic mass is 32.2. The van der Waals surface area contributed by atoms with E-state index in [1.165, 1.54) is 24.3 Å². The molecule has 0 aromatic heterocycles. The van der Waals surface area contributed by atoms with E-state index < -0.39 is 21.7 Å². The van der Waals surface area contributed by atoms with Crippen LogP contribution < -0.4 is 21.0 Å². The summed E-state index contributed by atoms with van der Waals surface area (Å²) in [7, 11) is 1.94. The quantitative estimate of drug-likeness (QED) is 0.350. The van der Waals surface area contributed by atoms with Crippen LogP contribution in [0.2, 0.25) is 0 Å². The standard InChI is InChI=1S/C15H15BFN3O3S/c1-24(22,23)20(13-6-4-12(16)5-7-13)9-11-3-2-10(8-14(11)17)15(21)19-18/h2-8H,9,18H2,1H3,(H,19,21). The third-order valence-corrected chi connectivity index (χ3v) is 4.48. The van der Waals surface area contributed by atoms with Crippen molar-refractivity contribution < 1.29 is 17.6 Å². The minimum atomic E-state index is -3.65. The molecule has 0 atom stereocenters. The first-order chi connectivity index (χ1) is 11.2. The third-order valence-electron chi connectivity index (χ3n) is 3.34. The van der Waals surface area contributed by atoms with Crippen molar-refractivity contribution in [3.63, 3.8) is 0 Å². The molecule has 0 saturated carbocycles. The number of anilines is 1. The summed E-state index contributed by atoms with van der Waals surface area (Å²) in [5.41, 5.74) is 2.89. The number of nitrogens with two attached hydrogens (primary N) is 1. The van der Waals surface area contributed by atoms with Gasteiger partial charge in [-0.25, -0.2) is 18.7 Å². The lowest BCUT2D eigenvalue weighted by Gasteiger charge is -2.23. The van der Waals surface area contributed by atoms with E-state index >= 15 is 0 Å². The van der Waals surface area contributed by atoms with Crippen LogP contribution in [-0.2, 0) is 16.6 Å². The van der Waals surface area contributed by atoms with Gasteiger partial charge in [0.15, 0.2) is 0 Å². The van der Waals surface area contributed by atoms with Gasteiger partial charge in [0, 0.05) is 11.1 Å². The fourth-order valence-corrected chi connectivity index (χ4v) is 2.97. The molecule has 0 saturated heterocycles. The van der Waals surface area contributed by atoms with Gasteiger partial charge in [0.05, 0.1) is 18.5 Å². The van der Waals surface area contributed by atoms with E-state index in [4.69, 9.17) is 13.7 Å². The summed E-state index contributed by atoms with van der Waals surface area (Å²) >= 11 is 0. The first-order valence-electron chi connectivity index (χ1n) is 6.85. The molecule has 0 aliphatic rings. The molecule has 2 rings (SSSR count). The second-order valence-corrected chi connectivity index (χ2v) is 7.05. The maximum absolute atomic E-state index is 14.2. The molecule has 0 spiro atoms. The van der Waals surface area contributed by atoms with E-state index in [1.54, 1.807) is 12.1 Å². The van der Waals surface area contributed by atoms with Crippen molar-refractivity contribution in [3.05, 3.63) is 59.4 Å². The molecular formula is C15H15BFN3O3S. The summed E-state index contributed by atoms with van der Waals surface area (Å²) in [6.45, 7) is -0.223. The van der Waals surface area contributed by atoms with Gasteiger partial charge in [-0.2, -0.15) is 0 Å². The summed E-state index contributed by atoms with van der Waals surface area (Å²) in [6, 6.07) is 9.88. The Labute approximate surface area is 140 Å². The minimum Gasteiger partial charge on any atom is -0.290 e. The second kappa shape index (κ2) is 7.02. The number of amides is 1. The minimum absolute atomic E-state index is 0.0390. The van der Waals surface area contributed by atoms with Crippen molar-refractivity contribution in [1.29, 1.82) is 0 Å². The summed E-state index contributed by atoms with van der Waals surface area (Å²) in [5, 5.41) is 0. The molecule has 0 fully saturated rings. The van der Waals surface area contributed by atoms with Crippen LogP contribution in [0.15, 0.2) is 42.5 Å². The molecule has 9 heteroatoms. The van der Waals surface area contributed by atoms with E-state index in [1.807, 2.05) is 5.43 Å². The molecule has 24 heavy (non-hydrogen) atoms. The van der Waals surface area contributed by atoms with Crippen LogP contribution in [0, 0.1) is 5.82 Å². The zero-order valence-electron chi connectivity index (χ0n) is 12.9. The van der Waals surface area contributed by atoms with E-state index in [9.17, 15) is 17.6 Å². The largest absolute Gasteiger partial charge is 0.290 e. The van der Waals surface area contributed by atoms with Gasteiger partial charge in [-0.15, -0.1) is 0 Å². The molecule has 2 radical (unpaired) electrons. The molecule has 0 bridgehead atoms. The number of carbonyl (C=O) groups is 1. The van der Waals surface area contributed by atoms with E-state index in [0.717, 1.165) is 16.6 Å². The predicted octanol–water partition coefficient (Wildman–Crippen LogP) is 0.189. The van der Waals surface area contributed by atoms with Crippen molar-refractivity contribution in [2.45, 2.75) is 6.54 Å². The van der Waals surface area contributed by atoms with E-state index in [-0.39, 0.29) is 17.7 Å². The van der Waals surface area contributed by atoms with Crippen LogP contribution in [0.25, 0.3) is 0 Å². The Morgan fingerprint density at radius 1 is 1.25 bits per heavy atom. The highest BCUT2D eigenvalue weighted by Crippen LogP contribution is 2.21. The Balaban J connectivity index is 2.37. The Hall–Kier alpha value is -2.39. The normalized spacial score (nSPS) is 11.1. The number of rotatable bonds is 5. The SMILES string of the molecule is [B]c1ccc(N(Cc2ccc(C(=O)NN)cc2F)S(C)(=O)=O)cc1. The fraction of sp³-hybridized carbons (Fsp3) is 0.133. The molecule has 0 aliphatic heterocycles. The summed E-state index contributed by atoms with van der Waals surface area (Å²) in [4.78, 5) is 11.4. The molecule has 2 aromatic carbocycles. The number of hydrogen-bond donors (Lipinski definition) is 2. The number of halogens is 1. The molecular weight excluding hydrogens is 332 g/mol. The van der Waals surface area contributed by atoms with Crippen molar-refractivity contribution in [3.8, 4) is 0 Å². The Morgan fingerprint density at radius 2 is 1.88 bits per heavy atom. The van der Waals surface area contributed by atoms with Gasteiger partial charge in [-0.05, 0) is 24.3 Å². The van der Waals surface area contributed by atoms with E-state index in [2.05, 4.69) is 0 Å². The maximum atomic E-state index is 14.2. The highest BCUT2D eigenvalue weighted by molar-refractivity contribution is 7.92.